The molecule has 0 bridgehead atoms. The van der Waals surface area contributed by atoms with E-state index in [0.717, 1.165) is 35.8 Å². The molecule has 1 aliphatic heterocycles. The first-order valence-corrected chi connectivity index (χ1v) is 9.16. The molecule has 0 aliphatic carbocycles. The molecule has 144 valence electrons. The lowest BCUT2D eigenvalue weighted by Crippen LogP contribution is -2.51. The van der Waals surface area contributed by atoms with Gasteiger partial charge in [-0.2, -0.15) is 0 Å². The number of methoxy groups -OCH3 is 2. The molecule has 0 aromatic heterocycles. The van der Waals surface area contributed by atoms with Crippen LogP contribution in [0.5, 0.6) is 11.5 Å². The number of urea groups is 1. The first-order chi connectivity index (χ1) is 13.1. The maximum atomic E-state index is 12.5. The molecule has 1 aliphatic rings. The highest BCUT2D eigenvalue weighted by Crippen LogP contribution is 2.32. The summed E-state index contributed by atoms with van der Waals surface area (Å²) in [7, 11) is 3.30. The molecule has 6 heteroatoms. The number of nitrogens with zero attached hydrogens (tertiary/aromatic N) is 2. The first-order valence-electron chi connectivity index (χ1n) is 9.16. The summed E-state index contributed by atoms with van der Waals surface area (Å²) in [4.78, 5) is 16.6. The van der Waals surface area contributed by atoms with E-state index >= 15 is 0 Å². The zero-order valence-electron chi connectivity index (χ0n) is 16.2. The van der Waals surface area contributed by atoms with Crippen molar-refractivity contribution in [3.8, 4) is 11.5 Å². The highest BCUT2D eigenvalue weighted by Gasteiger charge is 2.23. The van der Waals surface area contributed by atoms with E-state index in [1.54, 1.807) is 14.2 Å². The minimum Gasteiger partial charge on any atom is -0.497 e. The number of amides is 2. The molecule has 0 radical (unpaired) electrons. The second-order valence-electron chi connectivity index (χ2n) is 6.66. The molecular formula is C21H27N3O3. The van der Waals surface area contributed by atoms with Crippen molar-refractivity contribution in [3.63, 3.8) is 0 Å². The fourth-order valence-corrected chi connectivity index (χ4v) is 3.31. The van der Waals surface area contributed by atoms with E-state index in [2.05, 4.69) is 29.3 Å². The number of benzene rings is 2. The molecule has 6 nitrogen and oxygen atoms in total. The van der Waals surface area contributed by atoms with Gasteiger partial charge in [0.05, 0.1) is 19.9 Å². The summed E-state index contributed by atoms with van der Waals surface area (Å²) in [5, 5.41) is 3.02. The summed E-state index contributed by atoms with van der Waals surface area (Å²) < 4.78 is 10.8. The number of aryl methyl sites for hydroxylation is 1. The van der Waals surface area contributed by atoms with Crippen molar-refractivity contribution in [1.29, 1.82) is 0 Å². The zero-order valence-corrected chi connectivity index (χ0v) is 16.2. The summed E-state index contributed by atoms with van der Waals surface area (Å²) in [6, 6.07) is 14.0. The number of rotatable bonds is 5. The quantitative estimate of drug-likeness (QED) is 0.880. The van der Waals surface area contributed by atoms with Gasteiger partial charge in [-0.15, -0.1) is 0 Å². The molecule has 3 rings (SSSR count). The molecule has 0 saturated carbocycles. The van der Waals surface area contributed by atoms with Crippen LogP contribution in [0.25, 0.3) is 0 Å². The van der Waals surface area contributed by atoms with Crippen molar-refractivity contribution in [2.45, 2.75) is 13.5 Å². The maximum Gasteiger partial charge on any atom is 0.317 e. The molecule has 0 atom stereocenters. The third-order valence-corrected chi connectivity index (χ3v) is 4.82. The molecular weight excluding hydrogens is 342 g/mol. The lowest BCUT2D eigenvalue weighted by molar-refractivity contribution is 0.194. The average Bonchev–Trinajstić information content (AvgIpc) is 2.71. The standard InChI is InChI=1S/C21H27N3O3/c1-16-5-4-6-17(13-16)15-22-21(25)24-11-9-23(10-12-24)19-8-7-18(26-2)14-20(19)27-3/h4-8,13-14H,9-12,15H2,1-3H3,(H,22,25). The minimum absolute atomic E-state index is 0.0159. The Hall–Kier alpha value is -2.89. The molecule has 1 saturated heterocycles. The Kier molecular flexibility index (Phi) is 6.06. The lowest BCUT2D eigenvalue weighted by atomic mass is 10.1. The van der Waals surface area contributed by atoms with Crippen molar-refractivity contribution >= 4 is 11.7 Å². The van der Waals surface area contributed by atoms with Gasteiger partial charge in [0, 0.05) is 38.8 Å². The Balaban J connectivity index is 1.54. The average molecular weight is 369 g/mol. The number of carbonyl (C=O) groups excluding carboxylic acids is 1. The Morgan fingerprint density at radius 3 is 2.48 bits per heavy atom. The Morgan fingerprint density at radius 2 is 1.81 bits per heavy atom. The largest absolute Gasteiger partial charge is 0.497 e. The number of hydrogen-bond acceptors (Lipinski definition) is 4. The van der Waals surface area contributed by atoms with Gasteiger partial charge in [0.15, 0.2) is 0 Å². The summed E-state index contributed by atoms with van der Waals surface area (Å²) in [5.41, 5.74) is 3.34. The van der Waals surface area contributed by atoms with Crippen LogP contribution in [0.3, 0.4) is 0 Å². The number of carbonyl (C=O) groups is 1. The maximum absolute atomic E-state index is 12.5. The van der Waals surface area contributed by atoms with Gasteiger partial charge in [-0.1, -0.05) is 29.8 Å². The van der Waals surface area contributed by atoms with Gasteiger partial charge in [-0.25, -0.2) is 4.79 Å². The number of hydrogen-bond donors (Lipinski definition) is 1. The van der Waals surface area contributed by atoms with Crippen LogP contribution < -0.4 is 19.7 Å². The third-order valence-electron chi connectivity index (χ3n) is 4.82. The summed E-state index contributed by atoms with van der Waals surface area (Å²) in [6.07, 6.45) is 0. The third kappa shape index (κ3) is 4.64. The second-order valence-corrected chi connectivity index (χ2v) is 6.66. The van der Waals surface area contributed by atoms with Gasteiger partial charge in [0.1, 0.15) is 11.5 Å². The zero-order chi connectivity index (χ0) is 19.2. The van der Waals surface area contributed by atoms with E-state index in [0.29, 0.717) is 19.6 Å². The Morgan fingerprint density at radius 1 is 1.04 bits per heavy atom. The van der Waals surface area contributed by atoms with Crippen molar-refractivity contribution in [1.82, 2.24) is 10.2 Å². The second kappa shape index (κ2) is 8.66. The normalized spacial score (nSPS) is 14.0. The van der Waals surface area contributed by atoms with E-state index < -0.39 is 0 Å². The van der Waals surface area contributed by atoms with Crippen molar-refractivity contribution in [3.05, 3.63) is 53.6 Å². The van der Waals surface area contributed by atoms with Crippen molar-refractivity contribution < 1.29 is 14.3 Å². The Labute approximate surface area is 160 Å². The molecule has 2 aromatic rings. The predicted molar refractivity (Wildman–Crippen MR) is 107 cm³/mol. The molecule has 1 heterocycles. The van der Waals surface area contributed by atoms with Gasteiger partial charge in [-0.05, 0) is 24.6 Å². The van der Waals surface area contributed by atoms with Crippen LogP contribution >= 0.6 is 0 Å². The summed E-state index contributed by atoms with van der Waals surface area (Å²) in [5.74, 6) is 1.55. The van der Waals surface area contributed by atoms with E-state index in [-0.39, 0.29) is 6.03 Å². The summed E-state index contributed by atoms with van der Waals surface area (Å²) >= 11 is 0. The molecule has 0 spiro atoms. The van der Waals surface area contributed by atoms with Gasteiger partial charge in [0.25, 0.3) is 0 Å². The highest BCUT2D eigenvalue weighted by atomic mass is 16.5. The van der Waals surface area contributed by atoms with Gasteiger partial charge in [-0.3, -0.25) is 0 Å². The topological polar surface area (TPSA) is 54.0 Å². The molecule has 0 unspecified atom stereocenters. The molecule has 2 aromatic carbocycles. The fraction of sp³-hybridized carbons (Fsp3) is 0.381. The monoisotopic (exact) mass is 369 g/mol. The van der Waals surface area contributed by atoms with Crippen LogP contribution in [0, 0.1) is 6.92 Å². The van der Waals surface area contributed by atoms with Crippen molar-refractivity contribution in [2.24, 2.45) is 0 Å². The van der Waals surface area contributed by atoms with Crippen LogP contribution in [0.1, 0.15) is 11.1 Å². The minimum atomic E-state index is -0.0159. The van der Waals surface area contributed by atoms with Crippen LogP contribution in [0.15, 0.2) is 42.5 Å². The predicted octanol–water partition coefficient (Wildman–Crippen LogP) is 3.04. The van der Waals surface area contributed by atoms with Gasteiger partial charge < -0.3 is 24.6 Å². The van der Waals surface area contributed by atoms with Gasteiger partial charge in [0.2, 0.25) is 0 Å². The van der Waals surface area contributed by atoms with Gasteiger partial charge >= 0.3 is 6.03 Å². The molecule has 2 amide bonds. The van der Waals surface area contributed by atoms with E-state index in [9.17, 15) is 4.79 Å². The van der Waals surface area contributed by atoms with Crippen LogP contribution in [0.2, 0.25) is 0 Å². The number of anilines is 1. The van der Waals surface area contributed by atoms with E-state index in [1.807, 2.05) is 35.2 Å². The van der Waals surface area contributed by atoms with E-state index in [1.165, 1.54) is 5.56 Å². The van der Waals surface area contributed by atoms with E-state index in [4.69, 9.17) is 9.47 Å². The van der Waals surface area contributed by atoms with Crippen LogP contribution in [-0.2, 0) is 6.54 Å². The lowest BCUT2D eigenvalue weighted by Gasteiger charge is -2.36. The number of piperazine rings is 1. The summed E-state index contributed by atoms with van der Waals surface area (Å²) in [6.45, 7) is 5.48. The first kappa shape index (κ1) is 18.9. The fourth-order valence-electron chi connectivity index (χ4n) is 3.31. The number of nitrogens with one attached hydrogen (secondary N) is 1. The smallest absolute Gasteiger partial charge is 0.317 e. The highest BCUT2D eigenvalue weighted by molar-refractivity contribution is 5.74. The molecule has 27 heavy (non-hydrogen) atoms. The van der Waals surface area contributed by atoms with Crippen molar-refractivity contribution in [2.75, 3.05) is 45.3 Å². The molecule has 1 N–H and O–H groups in total. The SMILES string of the molecule is COc1ccc(N2CCN(C(=O)NCc3cccc(C)c3)CC2)c(OC)c1. The Bertz CT molecular complexity index is 786. The van der Waals surface area contributed by atoms with Crippen LogP contribution in [-0.4, -0.2) is 51.3 Å². The van der Waals surface area contributed by atoms with Crippen LogP contribution in [0.4, 0.5) is 10.5 Å². The molecule has 1 fully saturated rings. The number of ether oxygens (including phenoxy) is 2.